The summed E-state index contributed by atoms with van der Waals surface area (Å²) in [5.41, 5.74) is 0.385. The predicted octanol–water partition coefficient (Wildman–Crippen LogP) is 2.69. The molecule has 2 aromatic carbocycles. The van der Waals surface area contributed by atoms with Crippen molar-refractivity contribution >= 4 is 10.8 Å². The number of benzene rings is 2. The zero-order valence-corrected chi connectivity index (χ0v) is 12.7. The van der Waals surface area contributed by atoms with Crippen molar-refractivity contribution in [3.05, 3.63) is 44.5 Å². The Hall–Kier alpha value is -4.36. The van der Waals surface area contributed by atoms with Gasteiger partial charge in [-0.05, 0) is 25.0 Å². The van der Waals surface area contributed by atoms with Gasteiger partial charge in [0.2, 0.25) is 0 Å². The maximum atomic E-state index is 9.50. The van der Waals surface area contributed by atoms with Gasteiger partial charge in [-0.25, -0.2) is 0 Å². The molecule has 0 aromatic heterocycles. The van der Waals surface area contributed by atoms with Crippen molar-refractivity contribution in [3.8, 4) is 36.4 Å². The highest BCUT2D eigenvalue weighted by Gasteiger charge is 2.26. The average Bonchev–Trinajstić information content (AvgIpc) is 2.59. The molecular formula is C18H6N6. The lowest BCUT2D eigenvalue weighted by Gasteiger charge is -2.15. The fourth-order valence-electron chi connectivity index (χ4n) is 2.78. The van der Waals surface area contributed by atoms with Crippen LogP contribution < -0.4 is 0 Å². The van der Waals surface area contributed by atoms with Gasteiger partial charge in [0.1, 0.15) is 36.4 Å². The largest absolute Gasteiger partial charge is 0.192 e. The van der Waals surface area contributed by atoms with Gasteiger partial charge in [-0.1, -0.05) is 0 Å². The Morgan fingerprint density at radius 3 is 0.875 bits per heavy atom. The maximum Gasteiger partial charge on any atom is 0.101 e. The van der Waals surface area contributed by atoms with Gasteiger partial charge >= 0.3 is 0 Å². The fourth-order valence-corrected chi connectivity index (χ4v) is 2.78. The molecule has 0 spiro atoms. The standard InChI is InChI=1S/C18H6N6/c1-9-11(3-19)15(7-23)18-14(6-22)10(2)12(4-20)16(8-24)17(18)13(9)5-21/h1-2H3. The Morgan fingerprint density at radius 1 is 0.417 bits per heavy atom. The van der Waals surface area contributed by atoms with Crippen LogP contribution in [0.1, 0.15) is 44.5 Å². The number of fused-ring (bicyclic) bond motifs is 1. The normalized spacial score (nSPS) is 9.00. The van der Waals surface area contributed by atoms with Crippen molar-refractivity contribution in [1.82, 2.24) is 0 Å². The Kier molecular flexibility index (Phi) is 3.87. The van der Waals surface area contributed by atoms with Crippen LogP contribution in [0.3, 0.4) is 0 Å². The molecule has 2 aromatic rings. The summed E-state index contributed by atoms with van der Waals surface area (Å²) in [6, 6.07) is 11.4. The third kappa shape index (κ3) is 1.83. The quantitative estimate of drug-likeness (QED) is 0.731. The molecule has 0 aliphatic heterocycles. The van der Waals surface area contributed by atoms with Gasteiger partial charge in [0.15, 0.2) is 0 Å². The average molecular weight is 306 g/mol. The SMILES string of the molecule is Cc1c(C#N)c(C#N)c2c(C#N)c(C)c(C#N)c(C#N)c2c1C#N. The first kappa shape index (κ1) is 16.0. The molecule has 24 heavy (non-hydrogen) atoms. The van der Waals surface area contributed by atoms with E-state index < -0.39 is 0 Å². The van der Waals surface area contributed by atoms with E-state index in [0.29, 0.717) is 0 Å². The Labute approximate surface area is 137 Å². The van der Waals surface area contributed by atoms with E-state index in [1.165, 1.54) is 13.8 Å². The lowest BCUT2D eigenvalue weighted by Crippen LogP contribution is -2.04. The van der Waals surface area contributed by atoms with Gasteiger partial charge in [-0.15, -0.1) is 0 Å². The summed E-state index contributed by atoms with van der Waals surface area (Å²) in [4.78, 5) is 0. The first-order chi connectivity index (χ1) is 11.5. The molecule has 0 unspecified atom stereocenters. The molecule has 2 rings (SSSR count). The third-order valence-corrected chi connectivity index (χ3v) is 3.92. The maximum absolute atomic E-state index is 9.50. The van der Waals surface area contributed by atoms with Crippen LogP contribution in [0.4, 0.5) is 0 Å². The number of rotatable bonds is 0. The minimum Gasteiger partial charge on any atom is -0.192 e. The molecule has 6 nitrogen and oxygen atoms in total. The number of nitriles is 6. The van der Waals surface area contributed by atoms with Crippen molar-refractivity contribution in [2.45, 2.75) is 13.8 Å². The van der Waals surface area contributed by atoms with Gasteiger partial charge in [-0.2, -0.15) is 31.6 Å². The van der Waals surface area contributed by atoms with Crippen molar-refractivity contribution < 1.29 is 0 Å². The van der Waals surface area contributed by atoms with Gasteiger partial charge in [0.25, 0.3) is 0 Å². The summed E-state index contributed by atoms with van der Waals surface area (Å²) in [6.45, 7) is 2.99. The second kappa shape index (κ2) is 5.79. The molecule has 0 amide bonds. The first-order valence-electron chi connectivity index (χ1n) is 6.59. The van der Waals surface area contributed by atoms with Crippen LogP contribution in [-0.4, -0.2) is 0 Å². The molecular weight excluding hydrogens is 300 g/mol. The van der Waals surface area contributed by atoms with Crippen LogP contribution in [0.2, 0.25) is 0 Å². The van der Waals surface area contributed by atoms with Crippen LogP contribution in [0, 0.1) is 81.8 Å². The number of hydrogen-bond acceptors (Lipinski definition) is 6. The number of hydrogen-bond donors (Lipinski definition) is 0. The zero-order chi connectivity index (χ0) is 18.0. The highest BCUT2D eigenvalue weighted by Crippen LogP contribution is 2.37. The van der Waals surface area contributed by atoms with Crippen LogP contribution in [0.5, 0.6) is 0 Å². The molecule has 0 saturated carbocycles. The van der Waals surface area contributed by atoms with Gasteiger partial charge < -0.3 is 0 Å². The van der Waals surface area contributed by atoms with Crippen molar-refractivity contribution in [2.24, 2.45) is 0 Å². The summed E-state index contributed by atoms with van der Waals surface area (Å²) >= 11 is 0. The molecule has 0 saturated heterocycles. The highest BCUT2D eigenvalue weighted by atomic mass is 14.4. The fraction of sp³-hybridized carbons (Fsp3) is 0.111. The van der Waals surface area contributed by atoms with E-state index in [1.54, 1.807) is 0 Å². The smallest absolute Gasteiger partial charge is 0.101 e. The van der Waals surface area contributed by atoms with Gasteiger partial charge in [-0.3, -0.25) is 0 Å². The molecule has 0 aliphatic rings. The van der Waals surface area contributed by atoms with Crippen molar-refractivity contribution in [2.75, 3.05) is 0 Å². The van der Waals surface area contributed by atoms with Crippen molar-refractivity contribution in [1.29, 1.82) is 31.6 Å². The van der Waals surface area contributed by atoms with Gasteiger partial charge in [0.05, 0.1) is 33.4 Å². The summed E-state index contributed by atoms with van der Waals surface area (Å²) in [6.07, 6.45) is 0. The van der Waals surface area contributed by atoms with Crippen LogP contribution >= 0.6 is 0 Å². The monoisotopic (exact) mass is 306 g/mol. The van der Waals surface area contributed by atoms with E-state index in [4.69, 9.17) is 0 Å². The summed E-state index contributed by atoms with van der Waals surface area (Å²) in [5, 5.41) is 56.9. The predicted molar refractivity (Wildman–Crippen MR) is 81.7 cm³/mol. The van der Waals surface area contributed by atoms with E-state index in [2.05, 4.69) is 0 Å². The minimum absolute atomic E-state index is 0.00829. The van der Waals surface area contributed by atoms with Crippen LogP contribution in [-0.2, 0) is 0 Å². The Morgan fingerprint density at radius 2 is 0.667 bits per heavy atom. The molecule has 0 radical (unpaired) electrons. The van der Waals surface area contributed by atoms with Crippen LogP contribution in [0.25, 0.3) is 10.8 Å². The zero-order valence-electron chi connectivity index (χ0n) is 12.7. The molecule has 0 fully saturated rings. The summed E-state index contributed by atoms with van der Waals surface area (Å²) < 4.78 is 0. The van der Waals surface area contributed by atoms with Gasteiger partial charge in [0, 0.05) is 10.8 Å². The molecule has 0 aliphatic carbocycles. The molecule has 6 heteroatoms. The Bertz CT molecular complexity index is 1080. The van der Waals surface area contributed by atoms with E-state index >= 15 is 0 Å². The molecule has 0 bridgehead atoms. The summed E-state index contributed by atoms with van der Waals surface area (Å²) in [5.74, 6) is 0. The van der Waals surface area contributed by atoms with E-state index in [9.17, 15) is 31.6 Å². The molecule has 0 atom stereocenters. The minimum atomic E-state index is -0.0651. The first-order valence-corrected chi connectivity index (χ1v) is 6.59. The third-order valence-electron chi connectivity index (χ3n) is 3.92. The molecule has 0 N–H and O–H groups in total. The second-order valence-electron chi connectivity index (χ2n) is 4.92. The topological polar surface area (TPSA) is 143 Å². The highest BCUT2D eigenvalue weighted by molar-refractivity contribution is 6.04. The molecule has 0 heterocycles. The van der Waals surface area contributed by atoms with Crippen molar-refractivity contribution in [3.63, 3.8) is 0 Å². The van der Waals surface area contributed by atoms with E-state index in [1.807, 2.05) is 36.4 Å². The second-order valence-corrected chi connectivity index (χ2v) is 4.92. The summed E-state index contributed by atoms with van der Waals surface area (Å²) in [7, 11) is 0. The number of nitrogens with zero attached hydrogens (tertiary/aromatic N) is 6. The van der Waals surface area contributed by atoms with E-state index in [0.717, 1.165) is 0 Å². The Balaban J connectivity index is 3.53. The van der Waals surface area contributed by atoms with Crippen LogP contribution in [0.15, 0.2) is 0 Å². The molecule has 108 valence electrons. The lowest BCUT2D eigenvalue weighted by atomic mass is 9.83. The lowest BCUT2D eigenvalue weighted by molar-refractivity contribution is 1.31. The van der Waals surface area contributed by atoms with E-state index in [-0.39, 0.29) is 55.3 Å².